The van der Waals surface area contributed by atoms with Crippen LogP contribution in [-0.4, -0.2) is 21.6 Å². The minimum Gasteiger partial charge on any atom is -0.433 e. The molecule has 0 atom stereocenters. The maximum Gasteiger partial charge on any atom is 0.331 e. The van der Waals surface area contributed by atoms with E-state index in [1.165, 1.54) is 12.3 Å². The number of aliphatic hydroxyl groups is 1. The molecule has 0 aliphatic rings. The summed E-state index contributed by atoms with van der Waals surface area (Å²) in [6, 6.07) is 8.48. The van der Waals surface area contributed by atoms with Crippen LogP contribution >= 0.6 is 0 Å². The Hall–Kier alpha value is -2.47. The predicted molar refractivity (Wildman–Crippen MR) is 72.9 cm³/mol. The van der Waals surface area contributed by atoms with Gasteiger partial charge in [0, 0.05) is 18.9 Å². The Bertz CT molecular complexity index is 628. The van der Waals surface area contributed by atoms with Crippen LogP contribution in [0.5, 0.6) is 11.6 Å². The molecular formula is C14H14N2O4. The second kappa shape index (κ2) is 6.12. The van der Waals surface area contributed by atoms with Crippen LogP contribution in [0.1, 0.15) is 11.1 Å². The molecule has 6 nitrogen and oxygen atoms in total. The van der Waals surface area contributed by atoms with Gasteiger partial charge in [-0.25, -0.2) is 4.98 Å². The smallest absolute Gasteiger partial charge is 0.331 e. The van der Waals surface area contributed by atoms with Crippen molar-refractivity contribution in [2.24, 2.45) is 0 Å². The molecule has 0 saturated carbocycles. The highest BCUT2D eigenvalue weighted by molar-refractivity contribution is 5.46. The van der Waals surface area contributed by atoms with Crippen molar-refractivity contribution in [3.63, 3.8) is 0 Å². The van der Waals surface area contributed by atoms with Gasteiger partial charge in [-0.2, -0.15) is 0 Å². The maximum absolute atomic E-state index is 11.0. The van der Waals surface area contributed by atoms with Crippen molar-refractivity contribution in [3.8, 4) is 11.6 Å². The van der Waals surface area contributed by atoms with Gasteiger partial charge in [-0.1, -0.05) is 18.2 Å². The molecule has 0 bridgehead atoms. The number of pyridine rings is 1. The number of benzene rings is 1. The van der Waals surface area contributed by atoms with E-state index < -0.39 is 4.92 Å². The summed E-state index contributed by atoms with van der Waals surface area (Å²) in [6.45, 7) is 1.70. The van der Waals surface area contributed by atoms with E-state index in [-0.39, 0.29) is 18.2 Å². The Morgan fingerprint density at radius 1 is 1.40 bits per heavy atom. The molecule has 0 aliphatic carbocycles. The van der Waals surface area contributed by atoms with Gasteiger partial charge in [0.1, 0.15) is 5.75 Å². The highest BCUT2D eigenvalue weighted by Crippen LogP contribution is 2.31. The summed E-state index contributed by atoms with van der Waals surface area (Å²) in [6.07, 6.45) is 1.92. The molecule has 104 valence electrons. The van der Waals surface area contributed by atoms with Gasteiger partial charge in [-0.3, -0.25) is 10.1 Å². The molecule has 0 saturated heterocycles. The third-order valence-corrected chi connectivity index (χ3v) is 2.73. The molecular weight excluding hydrogens is 260 g/mol. The predicted octanol–water partition coefficient (Wildman–Crippen LogP) is 2.63. The lowest BCUT2D eigenvalue weighted by Crippen LogP contribution is -1.99. The zero-order valence-corrected chi connectivity index (χ0v) is 10.9. The molecule has 0 fully saturated rings. The van der Waals surface area contributed by atoms with E-state index in [9.17, 15) is 10.1 Å². The van der Waals surface area contributed by atoms with E-state index in [4.69, 9.17) is 9.84 Å². The Labute approximate surface area is 115 Å². The van der Waals surface area contributed by atoms with Crippen LogP contribution in [0.2, 0.25) is 0 Å². The average molecular weight is 274 g/mol. The quantitative estimate of drug-likeness (QED) is 0.669. The Morgan fingerprint density at radius 2 is 2.15 bits per heavy atom. The summed E-state index contributed by atoms with van der Waals surface area (Å²) in [5.74, 6) is 0.409. The van der Waals surface area contributed by atoms with Gasteiger partial charge in [0.2, 0.25) is 0 Å². The van der Waals surface area contributed by atoms with Gasteiger partial charge in [0.05, 0.1) is 4.92 Å². The second-order valence-electron chi connectivity index (χ2n) is 4.28. The molecule has 0 unspecified atom stereocenters. The zero-order valence-electron chi connectivity index (χ0n) is 10.9. The van der Waals surface area contributed by atoms with E-state index in [0.29, 0.717) is 17.7 Å². The highest BCUT2D eigenvalue weighted by Gasteiger charge is 2.18. The topological polar surface area (TPSA) is 85.5 Å². The van der Waals surface area contributed by atoms with E-state index in [1.54, 1.807) is 25.1 Å². The fourth-order valence-corrected chi connectivity index (χ4v) is 1.79. The first-order valence-corrected chi connectivity index (χ1v) is 6.09. The molecule has 0 radical (unpaired) electrons. The van der Waals surface area contributed by atoms with Crippen LogP contribution in [0.4, 0.5) is 5.69 Å². The molecule has 1 aromatic heterocycles. The highest BCUT2D eigenvalue weighted by atomic mass is 16.6. The summed E-state index contributed by atoms with van der Waals surface area (Å²) in [5, 5.41) is 20.0. The minimum absolute atomic E-state index is 0.0240. The number of nitro groups is 1. The third-order valence-electron chi connectivity index (χ3n) is 2.73. The number of hydrogen-bond donors (Lipinski definition) is 1. The van der Waals surface area contributed by atoms with Crippen molar-refractivity contribution in [2.45, 2.75) is 13.3 Å². The number of aliphatic hydroxyl groups excluding tert-OH is 1. The number of aryl methyl sites for hydroxylation is 1. The van der Waals surface area contributed by atoms with E-state index in [0.717, 1.165) is 5.56 Å². The molecule has 0 amide bonds. The third kappa shape index (κ3) is 3.10. The molecule has 6 heteroatoms. The summed E-state index contributed by atoms with van der Waals surface area (Å²) in [7, 11) is 0. The first-order chi connectivity index (χ1) is 9.61. The van der Waals surface area contributed by atoms with Gasteiger partial charge in [-0.05, 0) is 30.5 Å². The molecule has 1 heterocycles. The fourth-order valence-electron chi connectivity index (χ4n) is 1.79. The van der Waals surface area contributed by atoms with Crippen LogP contribution < -0.4 is 4.74 Å². The first-order valence-electron chi connectivity index (χ1n) is 6.09. The van der Waals surface area contributed by atoms with Gasteiger partial charge in [-0.15, -0.1) is 0 Å². The lowest BCUT2D eigenvalue weighted by Gasteiger charge is -2.09. The summed E-state index contributed by atoms with van der Waals surface area (Å²) in [4.78, 5) is 14.5. The standard InChI is InChI=1S/C14H14N2O4/c1-10-8-12(16(18)19)14(15-9-10)20-13-5-3-2-4-11(13)6-7-17/h2-5,8-9,17H,6-7H2,1H3. The number of aromatic nitrogens is 1. The van der Waals surface area contributed by atoms with Gasteiger partial charge in [0.15, 0.2) is 0 Å². The van der Waals surface area contributed by atoms with Crippen molar-refractivity contribution >= 4 is 5.69 Å². The number of para-hydroxylation sites is 1. The van der Waals surface area contributed by atoms with Crippen LogP contribution in [0.15, 0.2) is 36.5 Å². The summed E-state index contributed by atoms with van der Waals surface area (Å²) < 4.78 is 5.55. The van der Waals surface area contributed by atoms with Gasteiger partial charge >= 0.3 is 5.69 Å². The molecule has 2 rings (SSSR count). The minimum atomic E-state index is -0.524. The Morgan fingerprint density at radius 3 is 2.85 bits per heavy atom. The monoisotopic (exact) mass is 274 g/mol. The van der Waals surface area contributed by atoms with Crippen molar-refractivity contribution < 1.29 is 14.8 Å². The summed E-state index contributed by atoms with van der Waals surface area (Å²) in [5.41, 5.74) is 1.28. The van der Waals surface area contributed by atoms with Crippen LogP contribution in [-0.2, 0) is 6.42 Å². The molecule has 1 N–H and O–H groups in total. The Balaban J connectivity index is 2.37. The van der Waals surface area contributed by atoms with Crippen molar-refractivity contribution in [2.75, 3.05) is 6.61 Å². The number of ether oxygens (including phenoxy) is 1. The van der Waals surface area contributed by atoms with Crippen LogP contribution in [0, 0.1) is 17.0 Å². The number of rotatable bonds is 5. The van der Waals surface area contributed by atoms with Crippen LogP contribution in [0.3, 0.4) is 0 Å². The van der Waals surface area contributed by atoms with Crippen LogP contribution in [0.25, 0.3) is 0 Å². The lowest BCUT2D eigenvalue weighted by atomic mass is 10.1. The van der Waals surface area contributed by atoms with E-state index in [1.807, 2.05) is 6.07 Å². The van der Waals surface area contributed by atoms with Gasteiger partial charge in [0.25, 0.3) is 5.88 Å². The van der Waals surface area contributed by atoms with Crippen molar-refractivity contribution in [1.29, 1.82) is 0 Å². The van der Waals surface area contributed by atoms with Gasteiger partial charge < -0.3 is 9.84 Å². The molecule has 20 heavy (non-hydrogen) atoms. The second-order valence-corrected chi connectivity index (χ2v) is 4.28. The van der Waals surface area contributed by atoms with Crippen molar-refractivity contribution in [1.82, 2.24) is 4.98 Å². The normalized spacial score (nSPS) is 10.3. The number of nitrogens with zero attached hydrogens (tertiary/aromatic N) is 2. The fraction of sp³-hybridized carbons (Fsp3) is 0.214. The lowest BCUT2D eigenvalue weighted by molar-refractivity contribution is -0.386. The Kier molecular flexibility index (Phi) is 4.27. The zero-order chi connectivity index (χ0) is 14.5. The van der Waals surface area contributed by atoms with Crippen molar-refractivity contribution in [3.05, 3.63) is 57.8 Å². The first kappa shape index (κ1) is 14.0. The summed E-state index contributed by atoms with van der Waals surface area (Å²) >= 11 is 0. The molecule has 1 aromatic carbocycles. The molecule has 0 spiro atoms. The van der Waals surface area contributed by atoms with E-state index >= 15 is 0 Å². The van der Waals surface area contributed by atoms with E-state index in [2.05, 4.69) is 4.98 Å². The molecule has 2 aromatic rings. The maximum atomic E-state index is 11.0. The SMILES string of the molecule is Cc1cnc(Oc2ccccc2CCO)c([N+](=O)[O-])c1. The largest absolute Gasteiger partial charge is 0.433 e. The molecule has 0 aliphatic heterocycles. The average Bonchev–Trinajstić information content (AvgIpc) is 2.43. The number of hydrogen-bond acceptors (Lipinski definition) is 5.